The average molecular weight is 294 g/mol. The first-order valence-electron chi connectivity index (χ1n) is 8.09. The Balaban J connectivity index is 1.54. The zero-order valence-corrected chi connectivity index (χ0v) is 12.6. The summed E-state index contributed by atoms with van der Waals surface area (Å²) < 4.78 is 0. The van der Waals surface area contributed by atoms with E-state index >= 15 is 0 Å². The van der Waals surface area contributed by atoms with Gasteiger partial charge in [-0.3, -0.25) is 9.59 Å². The number of hydrogen-bond donors (Lipinski definition) is 3. The summed E-state index contributed by atoms with van der Waals surface area (Å²) in [5.74, 6) is -0.776. The largest absolute Gasteiger partial charge is 0.393 e. The van der Waals surface area contributed by atoms with E-state index in [0.717, 1.165) is 32.1 Å². The van der Waals surface area contributed by atoms with Crippen LogP contribution in [0.2, 0.25) is 0 Å². The first-order valence-corrected chi connectivity index (χ1v) is 8.09. The predicted octanol–water partition coefficient (Wildman–Crippen LogP) is 1.27. The smallest absolute Gasteiger partial charge is 0.309 e. The molecule has 118 valence electrons. The molecule has 2 aliphatic rings. The Bertz CT molecular complexity index is 402. The van der Waals surface area contributed by atoms with Gasteiger partial charge in [-0.05, 0) is 57.3 Å². The lowest BCUT2D eigenvalue weighted by Crippen LogP contribution is -2.41. The Morgan fingerprint density at radius 1 is 1.19 bits per heavy atom. The minimum absolute atomic E-state index is 0.341. The standard InChI is InChI=1S/C16H26N2O3/c19-14(13-6-7-13)9-11-18-16(21)15(20)17-10-8-12-4-2-1-3-5-12/h4,13-14,19H,1-3,5-11H2,(H,17,20)(H,18,21). The molecule has 2 aliphatic carbocycles. The van der Waals surface area contributed by atoms with Gasteiger partial charge in [0.05, 0.1) is 6.10 Å². The molecule has 5 nitrogen and oxygen atoms in total. The van der Waals surface area contributed by atoms with Crippen molar-refractivity contribution in [2.75, 3.05) is 13.1 Å². The molecule has 0 heterocycles. The summed E-state index contributed by atoms with van der Waals surface area (Å²) in [6, 6.07) is 0. The molecule has 5 heteroatoms. The maximum atomic E-state index is 11.6. The third-order valence-electron chi connectivity index (χ3n) is 4.21. The van der Waals surface area contributed by atoms with E-state index in [1.807, 2.05) is 0 Å². The van der Waals surface area contributed by atoms with Gasteiger partial charge >= 0.3 is 11.8 Å². The van der Waals surface area contributed by atoms with Crippen molar-refractivity contribution in [1.82, 2.24) is 10.6 Å². The maximum absolute atomic E-state index is 11.6. The number of aliphatic hydroxyl groups is 1. The summed E-state index contributed by atoms with van der Waals surface area (Å²) in [6.07, 6.45) is 10.1. The summed E-state index contributed by atoms with van der Waals surface area (Å²) in [6.45, 7) is 0.873. The number of amides is 2. The van der Waals surface area contributed by atoms with Crippen LogP contribution in [0, 0.1) is 5.92 Å². The molecule has 1 fully saturated rings. The van der Waals surface area contributed by atoms with Crippen molar-refractivity contribution in [3.05, 3.63) is 11.6 Å². The fourth-order valence-corrected chi connectivity index (χ4v) is 2.68. The summed E-state index contributed by atoms with van der Waals surface area (Å²) >= 11 is 0. The molecular weight excluding hydrogens is 268 g/mol. The first kappa shape index (κ1) is 16.0. The van der Waals surface area contributed by atoms with Crippen LogP contribution in [0.5, 0.6) is 0 Å². The lowest BCUT2D eigenvalue weighted by molar-refractivity contribution is -0.139. The Hall–Kier alpha value is -1.36. The summed E-state index contributed by atoms with van der Waals surface area (Å²) in [5, 5.41) is 14.9. The molecule has 2 amide bonds. The molecule has 1 unspecified atom stereocenters. The lowest BCUT2D eigenvalue weighted by Gasteiger charge is -2.13. The molecule has 2 rings (SSSR count). The van der Waals surface area contributed by atoms with Crippen LogP contribution >= 0.6 is 0 Å². The van der Waals surface area contributed by atoms with E-state index in [4.69, 9.17) is 0 Å². The van der Waals surface area contributed by atoms with Crippen molar-refractivity contribution in [3.8, 4) is 0 Å². The van der Waals surface area contributed by atoms with Gasteiger partial charge in [-0.2, -0.15) is 0 Å². The number of carbonyl (C=O) groups is 2. The fraction of sp³-hybridized carbons (Fsp3) is 0.750. The molecule has 0 aromatic heterocycles. The van der Waals surface area contributed by atoms with Crippen molar-refractivity contribution < 1.29 is 14.7 Å². The Morgan fingerprint density at radius 2 is 1.90 bits per heavy atom. The van der Waals surface area contributed by atoms with Gasteiger partial charge in [0.15, 0.2) is 0 Å². The molecular formula is C16H26N2O3. The molecule has 0 spiro atoms. The third kappa shape index (κ3) is 5.87. The molecule has 21 heavy (non-hydrogen) atoms. The first-order chi connectivity index (χ1) is 10.2. The number of rotatable bonds is 7. The molecule has 1 atom stereocenters. The van der Waals surface area contributed by atoms with Crippen molar-refractivity contribution in [1.29, 1.82) is 0 Å². The quantitative estimate of drug-likeness (QED) is 0.489. The number of hydrogen-bond acceptors (Lipinski definition) is 3. The van der Waals surface area contributed by atoms with Crippen LogP contribution in [0.4, 0.5) is 0 Å². The second kappa shape index (κ2) is 8.17. The second-order valence-electron chi connectivity index (χ2n) is 6.06. The third-order valence-corrected chi connectivity index (χ3v) is 4.21. The minimum Gasteiger partial charge on any atom is -0.393 e. The van der Waals surface area contributed by atoms with Crippen molar-refractivity contribution in [3.63, 3.8) is 0 Å². The van der Waals surface area contributed by atoms with Gasteiger partial charge in [0.2, 0.25) is 0 Å². The summed E-state index contributed by atoms with van der Waals surface area (Å²) in [4.78, 5) is 23.2. The highest BCUT2D eigenvalue weighted by Gasteiger charge is 2.29. The van der Waals surface area contributed by atoms with Crippen LogP contribution in [0.25, 0.3) is 0 Å². The number of carbonyl (C=O) groups excluding carboxylic acids is 2. The molecule has 0 bridgehead atoms. The van der Waals surface area contributed by atoms with Crippen LogP contribution in [-0.4, -0.2) is 36.1 Å². The van der Waals surface area contributed by atoms with Crippen molar-refractivity contribution in [2.45, 2.75) is 57.5 Å². The van der Waals surface area contributed by atoms with E-state index in [-0.39, 0.29) is 6.10 Å². The Morgan fingerprint density at radius 3 is 2.52 bits per heavy atom. The molecule has 0 saturated heterocycles. The van der Waals surface area contributed by atoms with Gasteiger partial charge in [0.1, 0.15) is 0 Å². The molecule has 3 N–H and O–H groups in total. The Kier molecular flexibility index (Phi) is 6.23. The maximum Gasteiger partial charge on any atom is 0.309 e. The molecule has 0 radical (unpaired) electrons. The molecule has 1 saturated carbocycles. The van der Waals surface area contributed by atoms with Crippen LogP contribution in [0.15, 0.2) is 11.6 Å². The zero-order chi connectivity index (χ0) is 15.1. The average Bonchev–Trinajstić information content (AvgIpc) is 3.32. The highest BCUT2D eigenvalue weighted by Crippen LogP contribution is 2.33. The number of allylic oxidation sites excluding steroid dienone is 1. The van der Waals surface area contributed by atoms with E-state index in [9.17, 15) is 14.7 Å². The number of nitrogens with one attached hydrogen (secondary N) is 2. The van der Waals surface area contributed by atoms with E-state index in [2.05, 4.69) is 16.7 Å². The van der Waals surface area contributed by atoms with Crippen LogP contribution in [0.3, 0.4) is 0 Å². The summed E-state index contributed by atoms with van der Waals surface area (Å²) in [7, 11) is 0. The van der Waals surface area contributed by atoms with Gasteiger partial charge < -0.3 is 15.7 Å². The lowest BCUT2D eigenvalue weighted by atomic mass is 9.97. The van der Waals surface area contributed by atoms with Gasteiger partial charge in [0.25, 0.3) is 0 Å². The second-order valence-corrected chi connectivity index (χ2v) is 6.06. The van der Waals surface area contributed by atoms with Crippen LogP contribution < -0.4 is 10.6 Å². The van der Waals surface area contributed by atoms with E-state index < -0.39 is 11.8 Å². The van der Waals surface area contributed by atoms with Gasteiger partial charge in [-0.25, -0.2) is 0 Å². The fourth-order valence-electron chi connectivity index (χ4n) is 2.68. The van der Waals surface area contributed by atoms with Gasteiger partial charge in [-0.1, -0.05) is 11.6 Å². The van der Waals surface area contributed by atoms with Crippen molar-refractivity contribution >= 4 is 11.8 Å². The number of aliphatic hydroxyl groups excluding tert-OH is 1. The van der Waals surface area contributed by atoms with E-state index in [0.29, 0.717) is 25.4 Å². The van der Waals surface area contributed by atoms with Crippen LogP contribution in [0.1, 0.15) is 51.4 Å². The van der Waals surface area contributed by atoms with E-state index in [1.54, 1.807) is 0 Å². The molecule has 0 aromatic rings. The molecule has 0 aromatic carbocycles. The topological polar surface area (TPSA) is 78.4 Å². The van der Waals surface area contributed by atoms with Gasteiger partial charge in [-0.15, -0.1) is 0 Å². The van der Waals surface area contributed by atoms with Crippen LogP contribution in [-0.2, 0) is 9.59 Å². The van der Waals surface area contributed by atoms with E-state index in [1.165, 1.54) is 18.4 Å². The normalized spacial score (nSPS) is 19.6. The van der Waals surface area contributed by atoms with Crippen molar-refractivity contribution in [2.24, 2.45) is 5.92 Å². The Labute approximate surface area is 126 Å². The van der Waals surface area contributed by atoms with Gasteiger partial charge in [0, 0.05) is 13.1 Å². The summed E-state index contributed by atoms with van der Waals surface area (Å²) in [5.41, 5.74) is 1.38. The zero-order valence-electron chi connectivity index (χ0n) is 12.6. The molecule has 0 aliphatic heterocycles. The highest BCUT2D eigenvalue weighted by molar-refractivity contribution is 6.35. The predicted molar refractivity (Wildman–Crippen MR) is 80.5 cm³/mol. The monoisotopic (exact) mass is 294 g/mol. The minimum atomic E-state index is -0.601. The highest BCUT2D eigenvalue weighted by atomic mass is 16.3. The SMILES string of the molecule is O=C(NCCC1=CCCCC1)C(=O)NCCC(O)C1CC1.